The van der Waals surface area contributed by atoms with Crippen molar-refractivity contribution in [3.63, 3.8) is 0 Å². The number of piperazine rings is 1. The predicted molar refractivity (Wildman–Crippen MR) is 140 cm³/mol. The molecule has 1 amide bonds. The Kier molecular flexibility index (Phi) is 8.50. The maximum absolute atomic E-state index is 12.9. The smallest absolute Gasteiger partial charge is 0.263 e. The molecule has 0 radical (unpaired) electrons. The van der Waals surface area contributed by atoms with Gasteiger partial charge >= 0.3 is 0 Å². The van der Waals surface area contributed by atoms with Crippen molar-refractivity contribution in [2.75, 3.05) is 58.7 Å². The van der Waals surface area contributed by atoms with Gasteiger partial charge in [0, 0.05) is 38.1 Å². The van der Waals surface area contributed by atoms with Crippen molar-refractivity contribution >= 4 is 22.6 Å². The monoisotopic (exact) mass is 476 g/mol. The summed E-state index contributed by atoms with van der Waals surface area (Å²) in [7, 11) is 4.17. The Balaban J connectivity index is 1.34. The van der Waals surface area contributed by atoms with Gasteiger partial charge in [-0.3, -0.25) is 9.69 Å². The second kappa shape index (κ2) is 12.0. The zero-order chi connectivity index (χ0) is 24.6. The number of nitrogens with zero attached hydrogens (tertiary/aromatic N) is 5. The fourth-order valence-corrected chi connectivity index (χ4v) is 4.27. The summed E-state index contributed by atoms with van der Waals surface area (Å²) in [5.74, 6) is 2.44. The fraction of sp³-hybridized carbons (Fsp3) is 0.444. The molecule has 1 atom stereocenters. The number of aromatic nitrogens is 2. The zero-order valence-corrected chi connectivity index (χ0v) is 21.0. The van der Waals surface area contributed by atoms with E-state index in [0.717, 1.165) is 55.1 Å². The van der Waals surface area contributed by atoms with E-state index in [1.165, 1.54) is 0 Å². The summed E-state index contributed by atoms with van der Waals surface area (Å²) in [5, 5.41) is 4.56. The largest absolute Gasteiger partial charge is 0.481 e. The number of fused-ring (bicyclic) bond motifs is 1. The molecule has 0 spiro atoms. The van der Waals surface area contributed by atoms with E-state index in [0.29, 0.717) is 25.4 Å². The molecule has 8 heteroatoms. The van der Waals surface area contributed by atoms with Gasteiger partial charge in [-0.15, -0.1) is 0 Å². The molecule has 35 heavy (non-hydrogen) atoms. The molecule has 0 bridgehead atoms. The third-order valence-corrected chi connectivity index (χ3v) is 6.18. The topological polar surface area (TPSA) is 73.8 Å². The highest BCUT2D eigenvalue weighted by Gasteiger charge is 2.26. The van der Waals surface area contributed by atoms with Crippen LogP contribution >= 0.6 is 0 Å². The SMILES string of the molecule is CC(Oc1ccccc1)C(=O)N1CCN(Cc2nc(NCCCN(C)C)c3ccccc3n2)CC1. The number of benzene rings is 2. The molecule has 186 valence electrons. The van der Waals surface area contributed by atoms with Gasteiger partial charge in [0.05, 0.1) is 12.1 Å². The van der Waals surface area contributed by atoms with Crippen LogP contribution in [0, 0.1) is 0 Å². The van der Waals surface area contributed by atoms with Gasteiger partial charge in [-0.2, -0.15) is 0 Å². The molecule has 0 saturated carbocycles. The predicted octanol–water partition coefficient (Wildman–Crippen LogP) is 3.11. The molecule has 2 heterocycles. The Morgan fingerprint density at radius 3 is 2.49 bits per heavy atom. The van der Waals surface area contributed by atoms with Gasteiger partial charge in [0.25, 0.3) is 5.91 Å². The quantitative estimate of drug-likeness (QED) is 0.451. The van der Waals surface area contributed by atoms with Crippen LogP contribution in [0.2, 0.25) is 0 Å². The molecule has 3 aromatic rings. The summed E-state index contributed by atoms with van der Waals surface area (Å²) in [6, 6.07) is 17.6. The molecule has 1 unspecified atom stereocenters. The Hall–Kier alpha value is -3.23. The fourth-order valence-electron chi connectivity index (χ4n) is 4.27. The first-order chi connectivity index (χ1) is 17.0. The Labute approximate surface area is 207 Å². The first kappa shape index (κ1) is 24.9. The summed E-state index contributed by atoms with van der Waals surface area (Å²) in [6.07, 6.45) is 0.539. The van der Waals surface area contributed by atoms with Gasteiger partial charge in [-0.1, -0.05) is 30.3 Å². The van der Waals surface area contributed by atoms with Gasteiger partial charge in [-0.05, 0) is 58.3 Å². The van der Waals surface area contributed by atoms with Crippen LogP contribution in [0.15, 0.2) is 54.6 Å². The Morgan fingerprint density at radius 2 is 1.74 bits per heavy atom. The maximum Gasteiger partial charge on any atom is 0.263 e. The van der Waals surface area contributed by atoms with E-state index in [9.17, 15) is 4.79 Å². The van der Waals surface area contributed by atoms with Crippen molar-refractivity contribution < 1.29 is 9.53 Å². The van der Waals surface area contributed by atoms with Crippen LogP contribution < -0.4 is 10.1 Å². The maximum atomic E-state index is 12.9. The molecular weight excluding hydrogens is 440 g/mol. The van der Waals surface area contributed by atoms with E-state index >= 15 is 0 Å². The number of hydrogen-bond donors (Lipinski definition) is 1. The lowest BCUT2D eigenvalue weighted by Crippen LogP contribution is -2.51. The molecular formula is C27H36N6O2. The van der Waals surface area contributed by atoms with Crippen molar-refractivity contribution in [3.05, 3.63) is 60.4 Å². The van der Waals surface area contributed by atoms with Gasteiger partial charge in [0.1, 0.15) is 17.4 Å². The molecule has 8 nitrogen and oxygen atoms in total. The summed E-state index contributed by atoms with van der Waals surface area (Å²) >= 11 is 0. The second-order valence-electron chi connectivity index (χ2n) is 9.26. The zero-order valence-electron chi connectivity index (χ0n) is 21.0. The minimum Gasteiger partial charge on any atom is -0.481 e. The summed E-state index contributed by atoms with van der Waals surface area (Å²) in [4.78, 5) is 28.9. The number of nitrogens with one attached hydrogen (secondary N) is 1. The minimum absolute atomic E-state index is 0.0275. The van der Waals surface area contributed by atoms with Crippen molar-refractivity contribution in [1.82, 2.24) is 24.7 Å². The van der Waals surface area contributed by atoms with E-state index < -0.39 is 6.10 Å². The first-order valence-corrected chi connectivity index (χ1v) is 12.4. The average molecular weight is 477 g/mol. The van der Waals surface area contributed by atoms with Gasteiger partial charge in [0.15, 0.2) is 6.10 Å². The number of carbonyl (C=O) groups excluding carboxylic acids is 1. The third-order valence-electron chi connectivity index (χ3n) is 6.18. The van der Waals surface area contributed by atoms with Crippen LogP contribution in [0.25, 0.3) is 10.9 Å². The summed E-state index contributed by atoms with van der Waals surface area (Å²) in [5.41, 5.74) is 0.952. The van der Waals surface area contributed by atoms with E-state index in [4.69, 9.17) is 14.7 Å². The van der Waals surface area contributed by atoms with Crippen LogP contribution in [-0.4, -0.2) is 90.0 Å². The van der Waals surface area contributed by atoms with Crippen LogP contribution in [0.4, 0.5) is 5.82 Å². The number of carbonyl (C=O) groups is 1. The lowest BCUT2D eigenvalue weighted by Gasteiger charge is -2.35. The molecule has 1 fully saturated rings. The first-order valence-electron chi connectivity index (χ1n) is 12.4. The summed E-state index contributed by atoms with van der Waals surface area (Å²) < 4.78 is 5.82. The molecule has 1 aromatic heterocycles. The molecule has 1 aliphatic rings. The van der Waals surface area contributed by atoms with E-state index in [-0.39, 0.29) is 5.91 Å². The molecule has 2 aromatic carbocycles. The second-order valence-corrected chi connectivity index (χ2v) is 9.26. The van der Waals surface area contributed by atoms with Crippen LogP contribution in [0.5, 0.6) is 5.75 Å². The van der Waals surface area contributed by atoms with Crippen LogP contribution in [0.1, 0.15) is 19.2 Å². The average Bonchev–Trinajstić information content (AvgIpc) is 2.87. The van der Waals surface area contributed by atoms with Crippen molar-refractivity contribution in [1.29, 1.82) is 0 Å². The molecule has 1 saturated heterocycles. The molecule has 1 aliphatic heterocycles. The number of ether oxygens (including phenoxy) is 1. The number of para-hydroxylation sites is 2. The van der Waals surface area contributed by atoms with Crippen LogP contribution in [-0.2, 0) is 11.3 Å². The number of hydrogen-bond acceptors (Lipinski definition) is 7. The van der Waals surface area contributed by atoms with Gasteiger partial charge in [-0.25, -0.2) is 9.97 Å². The highest BCUT2D eigenvalue weighted by Crippen LogP contribution is 2.21. The number of amides is 1. The standard InChI is InChI=1S/C27H36N6O2/c1-21(35-22-10-5-4-6-11-22)27(34)33-18-16-32(17-19-33)20-25-29-24-13-8-7-12-23(24)26(30-25)28-14-9-15-31(2)3/h4-8,10-13,21H,9,14-20H2,1-3H3,(H,28,29,30). The normalized spacial score (nSPS) is 15.4. The van der Waals surface area contributed by atoms with E-state index in [2.05, 4.69) is 35.3 Å². The van der Waals surface area contributed by atoms with Crippen molar-refractivity contribution in [3.8, 4) is 5.75 Å². The molecule has 4 rings (SSSR count). The highest BCUT2D eigenvalue weighted by atomic mass is 16.5. The van der Waals surface area contributed by atoms with Gasteiger partial charge < -0.3 is 19.9 Å². The third kappa shape index (κ3) is 6.90. The minimum atomic E-state index is -0.506. The lowest BCUT2D eigenvalue weighted by molar-refractivity contribution is -0.139. The Bertz CT molecular complexity index is 1100. The van der Waals surface area contributed by atoms with E-state index in [1.54, 1.807) is 0 Å². The van der Waals surface area contributed by atoms with Gasteiger partial charge in [0.2, 0.25) is 0 Å². The van der Waals surface area contributed by atoms with Crippen LogP contribution in [0.3, 0.4) is 0 Å². The van der Waals surface area contributed by atoms with Crippen molar-refractivity contribution in [2.45, 2.75) is 26.0 Å². The van der Waals surface area contributed by atoms with E-state index in [1.807, 2.05) is 60.4 Å². The lowest BCUT2D eigenvalue weighted by atomic mass is 10.2. The molecule has 1 N–H and O–H groups in total. The number of anilines is 1. The molecule has 0 aliphatic carbocycles. The Morgan fingerprint density at radius 1 is 1.03 bits per heavy atom. The number of rotatable bonds is 10. The highest BCUT2D eigenvalue weighted by molar-refractivity contribution is 5.89. The van der Waals surface area contributed by atoms with Crippen molar-refractivity contribution in [2.24, 2.45) is 0 Å². The summed E-state index contributed by atoms with van der Waals surface area (Å²) in [6.45, 7) is 7.28.